The van der Waals surface area contributed by atoms with Crippen LogP contribution in [0.25, 0.3) is 0 Å². The van der Waals surface area contributed by atoms with Crippen molar-refractivity contribution in [2.24, 2.45) is 0 Å². The molecule has 0 heterocycles. The van der Waals surface area contributed by atoms with E-state index in [9.17, 15) is 9.90 Å². The number of aryl methyl sites for hydroxylation is 2. The van der Waals surface area contributed by atoms with Gasteiger partial charge in [0.25, 0.3) is 0 Å². The molecule has 0 atom stereocenters. The molecule has 0 bridgehead atoms. The summed E-state index contributed by atoms with van der Waals surface area (Å²) in [4.78, 5) is 13.1. The number of rotatable bonds is 3. The van der Waals surface area contributed by atoms with Crippen molar-refractivity contribution >= 4 is 29.3 Å². The Kier molecular flexibility index (Phi) is 4.22. The van der Waals surface area contributed by atoms with Gasteiger partial charge in [0.05, 0.1) is 5.56 Å². The molecule has 2 aromatic rings. The molecule has 0 aliphatic heterocycles. The van der Waals surface area contributed by atoms with Gasteiger partial charge in [0.1, 0.15) is 0 Å². The maximum absolute atomic E-state index is 11.3. The number of carboxylic acid groups (broad SMARTS) is 1. The van der Waals surface area contributed by atoms with Crippen LogP contribution in [-0.2, 0) is 12.8 Å². The van der Waals surface area contributed by atoms with E-state index in [1.54, 1.807) is 12.1 Å². The van der Waals surface area contributed by atoms with E-state index in [1.807, 2.05) is 0 Å². The largest absolute Gasteiger partial charge is 0.478 e. The van der Waals surface area contributed by atoms with Gasteiger partial charge in [-0.25, -0.2) is 4.79 Å². The fourth-order valence-corrected chi connectivity index (χ4v) is 3.81. The van der Waals surface area contributed by atoms with E-state index < -0.39 is 5.97 Å². The van der Waals surface area contributed by atoms with Gasteiger partial charge < -0.3 is 5.11 Å². The summed E-state index contributed by atoms with van der Waals surface area (Å²) in [5, 5.41) is 9.73. The van der Waals surface area contributed by atoms with Crippen LogP contribution >= 0.6 is 23.4 Å². The van der Waals surface area contributed by atoms with Crippen molar-refractivity contribution in [2.45, 2.75) is 35.5 Å². The second-order valence-electron chi connectivity index (χ2n) is 5.19. The van der Waals surface area contributed by atoms with Crippen molar-refractivity contribution in [3.63, 3.8) is 0 Å². The average molecular weight is 319 g/mol. The molecule has 0 amide bonds. The number of carbonyl (C=O) groups is 1. The summed E-state index contributed by atoms with van der Waals surface area (Å²) in [5.74, 6) is -0.946. The molecule has 0 unspecified atom stereocenters. The van der Waals surface area contributed by atoms with Gasteiger partial charge in [-0.3, -0.25) is 0 Å². The first-order valence-electron chi connectivity index (χ1n) is 6.96. The fraction of sp³-hybridized carbons (Fsp3) is 0.235. The number of hydrogen-bond acceptors (Lipinski definition) is 2. The predicted molar refractivity (Wildman–Crippen MR) is 85.6 cm³/mol. The van der Waals surface area contributed by atoms with Crippen LogP contribution in [0.5, 0.6) is 0 Å². The molecule has 0 aromatic heterocycles. The molecular weight excluding hydrogens is 304 g/mol. The first kappa shape index (κ1) is 14.5. The van der Waals surface area contributed by atoms with Gasteiger partial charge in [-0.1, -0.05) is 29.4 Å². The van der Waals surface area contributed by atoms with Crippen molar-refractivity contribution in [1.82, 2.24) is 0 Å². The molecule has 1 aliphatic carbocycles. The minimum Gasteiger partial charge on any atom is -0.478 e. The number of benzene rings is 2. The zero-order chi connectivity index (χ0) is 14.8. The summed E-state index contributed by atoms with van der Waals surface area (Å²) in [6.45, 7) is 0. The summed E-state index contributed by atoms with van der Waals surface area (Å²) < 4.78 is 0. The third-order valence-electron chi connectivity index (χ3n) is 3.72. The van der Waals surface area contributed by atoms with Crippen molar-refractivity contribution in [3.05, 3.63) is 58.1 Å². The lowest BCUT2D eigenvalue weighted by molar-refractivity contribution is 0.0693. The minimum absolute atomic E-state index is 0.255. The Balaban J connectivity index is 1.92. The number of aromatic carboxylic acids is 1. The molecule has 0 saturated carbocycles. The first-order chi connectivity index (χ1) is 10.1. The highest BCUT2D eigenvalue weighted by Crippen LogP contribution is 2.34. The Hall–Kier alpha value is -1.45. The quantitative estimate of drug-likeness (QED) is 0.858. The van der Waals surface area contributed by atoms with Crippen molar-refractivity contribution in [3.8, 4) is 0 Å². The van der Waals surface area contributed by atoms with Gasteiger partial charge in [-0.05, 0) is 67.1 Å². The van der Waals surface area contributed by atoms with E-state index in [-0.39, 0.29) is 5.56 Å². The second kappa shape index (κ2) is 6.12. The van der Waals surface area contributed by atoms with Gasteiger partial charge >= 0.3 is 5.97 Å². The number of fused-ring (bicyclic) bond motifs is 1. The summed E-state index contributed by atoms with van der Waals surface area (Å²) in [6, 6.07) is 11.5. The molecule has 0 spiro atoms. The van der Waals surface area contributed by atoms with Gasteiger partial charge in [0.2, 0.25) is 0 Å². The van der Waals surface area contributed by atoms with E-state index in [2.05, 4.69) is 18.2 Å². The topological polar surface area (TPSA) is 37.3 Å². The molecule has 2 aromatic carbocycles. The molecule has 21 heavy (non-hydrogen) atoms. The van der Waals surface area contributed by atoms with Crippen LogP contribution in [0.3, 0.4) is 0 Å². The molecule has 3 rings (SSSR count). The zero-order valence-electron chi connectivity index (χ0n) is 11.4. The van der Waals surface area contributed by atoms with E-state index in [0.29, 0.717) is 5.02 Å². The molecule has 2 nitrogen and oxygen atoms in total. The lowest BCUT2D eigenvalue weighted by Gasteiger charge is -2.16. The molecular formula is C17H15ClO2S. The number of carboxylic acids is 1. The molecule has 1 N–H and O–H groups in total. The summed E-state index contributed by atoms with van der Waals surface area (Å²) in [7, 11) is 0. The normalized spacial score (nSPS) is 13.8. The van der Waals surface area contributed by atoms with Crippen LogP contribution in [0.15, 0.2) is 46.2 Å². The van der Waals surface area contributed by atoms with Crippen LogP contribution < -0.4 is 0 Å². The van der Waals surface area contributed by atoms with Crippen LogP contribution in [0.2, 0.25) is 5.02 Å². The highest BCUT2D eigenvalue weighted by atomic mass is 35.5. The Morgan fingerprint density at radius 1 is 1.05 bits per heavy atom. The van der Waals surface area contributed by atoms with Gasteiger partial charge in [0, 0.05) is 14.8 Å². The predicted octanol–water partition coefficient (Wildman–Crippen LogP) is 5.07. The SMILES string of the molecule is O=C(O)c1cc(Cl)ccc1Sc1ccc2c(c1)CCCC2. The first-order valence-corrected chi connectivity index (χ1v) is 8.15. The van der Waals surface area contributed by atoms with Gasteiger partial charge in [0.15, 0.2) is 0 Å². The maximum atomic E-state index is 11.3. The maximum Gasteiger partial charge on any atom is 0.336 e. The number of halogens is 1. The Labute approximate surface area is 133 Å². The van der Waals surface area contributed by atoms with Crippen molar-refractivity contribution < 1.29 is 9.90 Å². The minimum atomic E-state index is -0.946. The monoisotopic (exact) mass is 318 g/mol. The number of hydrogen-bond donors (Lipinski definition) is 1. The molecule has 0 saturated heterocycles. The zero-order valence-corrected chi connectivity index (χ0v) is 13.0. The average Bonchev–Trinajstić information content (AvgIpc) is 2.49. The van der Waals surface area contributed by atoms with E-state index in [0.717, 1.165) is 22.6 Å². The highest BCUT2D eigenvalue weighted by molar-refractivity contribution is 7.99. The van der Waals surface area contributed by atoms with Gasteiger partial charge in [-0.2, -0.15) is 0 Å². The molecule has 0 radical (unpaired) electrons. The smallest absolute Gasteiger partial charge is 0.336 e. The van der Waals surface area contributed by atoms with Crippen LogP contribution in [0, 0.1) is 0 Å². The Bertz CT molecular complexity index is 697. The van der Waals surface area contributed by atoms with E-state index >= 15 is 0 Å². The van der Waals surface area contributed by atoms with E-state index in [1.165, 1.54) is 41.8 Å². The lowest BCUT2D eigenvalue weighted by Crippen LogP contribution is -2.02. The van der Waals surface area contributed by atoms with Crippen molar-refractivity contribution in [2.75, 3.05) is 0 Å². The summed E-state index contributed by atoms with van der Waals surface area (Å²) >= 11 is 7.37. The standard InChI is InChI=1S/C17H15ClO2S/c18-13-6-8-16(15(10-13)17(19)20)21-14-7-5-11-3-1-2-4-12(11)9-14/h5-10H,1-4H2,(H,19,20). The third-order valence-corrected chi connectivity index (χ3v) is 5.02. The Morgan fingerprint density at radius 2 is 1.81 bits per heavy atom. The molecule has 0 fully saturated rings. The third kappa shape index (κ3) is 3.25. The van der Waals surface area contributed by atoms with Crippen LogP contribution in [0.1, 0.15) is 34.3 Å². The van der Waals surface area contributed by atoms with Crippen LogP contribution in [0.4, 0.5) is 0 Å². The van der Waals surface area contributed by atoms with Crippen LogP contribution in [-0.4, -0.2) is 11.1 Å². The lowest BCUT2D eigenvalue weighted by atomic mass is 9.92. The summed E-state index contributed by atoms with van der Waals surface area (Å²) in [6.07, 6.45) is 4.78. The van der Waals surface area contributed by atoms with E-state index in [4.69, 9.17) is 11.6 Å². The van der Waals surface area contributed by atoms with Gasteiger partial charge in [-0.15, -0.1) is 0 Å². The summed E-state index contributed by atoms with van der Waals surface area (Å²) in [5.41, 5.74) is 3.09. The fourth-order valence-electron chi connectivity index (χ4n) is 2.66. The van der Waals surface area contributed by atoms with Crippen molar-refractivity contribution in [1.29, 1.82) is 0 Å². The second-order valence-corrected chi connectivity index (χ2v) is 6.74. The highest BCUT2D eigenvalue weighted by Gasteiger charge is 2.14. The molecule has 4 heteroatoms. The Morgan fingerprint density at radius 3 is 2.57 bits per heavy atom. The molecule has 108 valence electrons. The molecule has 1 aliphatic rings.